The second kappa shape index (κ2) is 6.56. The van der Waals surface area contributed by atoms with Gasteiger partial charge in [0.15, 0.2) is 0 Å². The fourth-order valence-electron chi connectivity index (χ4n) is 1.87. The molecule has 2 N–H and O–H groups in total. The van der Waals surface area contributed by atoms with Crippen LogP contribution >= 0.6 is 0 Å². The normalized spacial score (nSPS) is 10.1. The summed E-state index contributed by atoms with van der Waals surface area (Å²) in [6.07, 6.45) is 4.27. The minimum absolute atomic E-state index is 0.237. The van der Waals surface area contributed by atoms with E-state index in [4.69, 9.17) is 9.84 Å². The number of anilines is 1. The van der Waals surface area contributed by atoms with Crippen LogP contribution in [-0.2, 0) is 6.42 Å². The van der Waals surface area contributed by atoms with Crippen LogP contribution in [0.5, 0.6) is 5.75 Å². The molecule has 2 rings (SSSR count). The van der Waals surface area contributed by atoms with Crippen LogP contribution < -0.4 is 10.1 Å². The maximum absolute atomic E-state index is 11.2. The van der Waals surface area contributed by atoms with Gasteiger partial charge in [0.05, 0.1) is 18.4 Å². The Bertz CT molecular complexity index is 585. The van der Waals surface area contributed by atoms with E-state index >= 15 is 0 Å². The van der Waals surface area contributed by atoms with E-state index in [0.29, 0.717) is 18.0 Å². The van der Waals surface area contributed by atoms with E-state index in [1.807, 2.05) is 12.1 Å². The van der Waals surface area contributed by atoms with Gasteiger partial charge in [-0.3, -0.25) is 4.98 Å². The van der Waals surface area contributed by atoms with Crippen LogP contribution in [0, 0.1) is 0 Å². The Hall–Kier alpha value is -2.56. The molecule has 0 saturated carbocycles. The largest absolute Gasteiger partial charge is 0.497 e. The molecule has 0 aliphatic heterocycles. The van der Waals surface area contributed by atoms with Gasteiger partial charge >= 0.3 is 5.97 Å². The first-order valence-electron chi connectivity index (χ1n) is 6.25. The molecular weight excluding hydrogens is 256 g/mol. The number of rotatable bonds is 6. The second-order valence-corrected chi connectivity index (χ2v) is 4.25. The molecule has 0 bridgehead atoms. The van der Waals surface area contributed by atoms with Crippen molar-refractivity contribution in [1.82, 2.24) is 4.98 Å². The van der Waals surface area contributed by atoms with Crippen LogP contribution in [0.2, 0.25) is 0 Å². The minimum atomic E-state index is -0.959. The molecule has 0 unspecified atom stereocenters. The summed E-state index contributed by atoms with van der Waals surface area (Å²) in [6.45, 7) is 0.636. The van der Waals surface area contributed by atoms with Gasteiger partial charge in [-0.2, -0.15) is 0 Å². The summed E-state index contributed by atoms with van der Waals surface area (Å²) in [5.41, 5.74) is 1.94. The molecule has 0 spiro atoms. The molecule has 2 aromatic rings. The van der Waals surface area contributed by atoms with Crippen molar-refractivity contribution in [2.45, 2.75) is 6.42 Å². The molecule has 5 nitrogen and oxygen atoms in total. The number of ether oxygens (including phenoxy) is 1. The summed E-state index contributed by atoms with van der Waals surface area (Å²) in [7, 11) is 1.55. The molecule has 0 saturated heterocycles. The number of nitrogens with one attached hydrogen (secondary N) is 1. The number of benzene rings is 1. The monoisotopic (exact) mass is 272 g/mol. The Morgan fingerprint density at radius 3 is 2.70 bits per heavy atom. The number of carboxylic acid groups (broad SMARTS) is 1. The van der Waals surface area contributed by atoms with E-state index in [1.54, 1.807) is 31.6 Å². The Balaban J connectivity index is 2.06. The number of aromatic carboxylic acids is 1. The lowest BCUT2D eigenvalue weighted by Gasteiger charge is -2.11. The average molecular weight is 272 g/mol. The Kier molecular flexibility index (Phi) is 4.55. The maximum Gasteiger partial charge on any atom is 0.337 e. The van der Waals surface area contributed by atoms with Crippen LogP contribution in [0.3, 0.4) is 0 Å². The van der Waals surface area contributed by atoms with Gasteiger partial charge in [-0.15, -0.1) is 0 Å². The molecule has 104 valence electrons. The second-order valence-electron chi connectivity index (χ2n) is 4.25. The summed E-state index contributed by atoms with van der Waals surface area (Å²) < 4.78 is 5.11. The number of carboxylic acids is 1. The molecule has 0 aliphatic rings. The molecular formula is C15H16N2O3. The van der Waals surface area contributed by atoms with Gasteiger partial charge in [-0.1, -0.05) is 0 Å². The van der Waals surface area contributed by atoms with Crippen LogP contribution in [0.15, 0.2) is 42.7 Å². The zero-order chi connectivity index (χ0) is 14.4. The molecule has 1 heterocycles. The molecule has 20 heavy (non-hydrogen) atoms. The highest BCUT2D eigenvalue weighted by Crippen LogP contribution is 2.22. The summed E-state index contributed by atoms with van der Waals surface area (Å²) in [6, 6.07) is 8.74. The Morgan fingerprint density at radius 1 is 1.30 bits per heavy atom. The molecule has 0 aliphatic carbocycles. The predicted molar refractivity (Wildman–Crippen MR) is 76.4 cm³/mol. The number of methoxy groups -OCH3 is 1. The Labute approximate surface area is 117 Å². The zero-order valence-corrected chi connectivity index (χ0v) is 11.2. The minimum Gasteiger partial charge on any atom is -0.497 e. The molecule has 0 atom stereocenters. The number of carbonyl (C=O) groups is 1. The van der Waals surface area contributed by atoms with Gasteiger partial charge in [0.2, 0.25) is 0 Å². The number of aromatic nitrogens is 1. The van der Waals surface area contributed by atoms with Gasteiger partial charge in [-0.05, 0) is 36.2 Å². The third kappa shape index (κ3) is 3.47. The molecule has 0 radical (unpaired) electrons. The lowest BCUT2D eigenvalue weighted by atomic mass is 10.1. The SMILES string of the molecule is COc1ccc(C(=O)O)c(NCCc2ccncc2)c1. The van der Waals surface area contributed by atoms with Gasteiger partial charge < -0.3 is 15.2 Å². The molecule has 0 fully saturated rings. The van der Waals surface area contributed by atoms with Crippen molar-refractivity contribution < 1.29 is 14.6 Å². The number of nitrogens with zero attached hydrogens (tertiary/aromatic N) is 1. The fourth-order valence-corrected chi connectivity index (χ4v) is 1.87. The molecule has 1 aromatic heterocycles. The number of hydrogen-bond acceptors (Lipinski definition) is 4. The highest BCUT2D eigenvalue weighted by atomic mass is 16.5. The number of pyridine rings is 1. The van der Waals surface area contributed by atoms with E-state index in [1.165, 1.54) is 6.07 Å². The molecule has 0 amide bonds. The van der Waals surface area contributed by atoms with Crippen LogP contribution in [0.4, 0.5) is 5.69 Å². The van der Waals surface area contributed by atoms with Crippen LogP contribution in [0.25, 0.3) is 0 Å². The van der Waals surface area contributed by atoms with Gasteiger partial charge in [0.1, 0.15) is 5.75 Å². The van der Waals surface area contributed by atoms with Gasteiger partial charge in [-0.25, -0.2) is 4.79 Å². The third-order valence-electron chi connectivity index (χ3n) is 2.94. The van der Waals surface area contributed by atoms with Crippen molar-refractivity contribution in [1.29, 1.82) is 0 Å². The van der Waals surface area contributed by atoms with Crippen molar-refractivity contribution in [2.75, 3.05) is 19.0 Å². The first-order chi connectivity index (χ1) is 9.70. The van der Waals surface area contributed by atoms with Crippen molar-refractivity contribution in [3.63, 3.8) is 0 Å². The molecule has 5 heteroatoms. The van der Waals surface area contributed by atoms with E-state index in [-0.39, 0.29) is 5.56 Å². The fraction of sp³-hybridized carbons (Fsp3) is 0.200. The first-order valence-corrected chi connectivity index (χ1v) is 6.25. The van der Waals surface area contributed by atoms with E-state index in [0.717, 1.165) is 12.0 Å². The number of hydrogen-bond donors (Lipinski definition) is 2. The van der Waals surface area contributed by atoms with E-state index in [9.17, 15) is 4.79 Å². The van der Waals surface area contributed by atoms with Gasteiger partial charge in [0.25, 0.3) is 0 Å². The summed E-state index contributed by atoms with van der Waals surface area (Å²) in [5, 5.41) is 12.3. The standard InChI is InChI=1S/C15H16N2O3/c1-20-12-2-3-13(15(18)19)14(10-12)17-9-6-11-4-7-16-8-5-11/h2-5,7-8,10,17H,6,9H2,1H3,(H,18,19). The van der Waals surface area contributed by atoms with Crippen molar-refractivity contribution in [3.05, 3.63) is 53.9 Å². The highest BCUT2D eigenvalue weighted by molar-refractivity contribution is 5.94. The lowest BCUT2D eigenvalue weighted by Crippen LogP contribution is -2.09. The smallest absolute Gasteiger partial charge is 0.337 e. The van der Waals surface area contributed by atoms with Gasteiger partial charge in [0, 0.05) is 25.0 Å². The van der Waals surface area contributed by atoms with Crippen LogP contribution in [-0.4, -0.2) is 29.7 Å². The predicted octanol–water partition coefficient (Wildman–Crippen LogP) is 2.44. The van der Waals surface area contributed by atoms with Crippen LogP contribution in [0.1, 0.15) is 15.9 Å². The highest BCUT2D eigenvalue weighted by Gasteiger charge is 2.10. The van der Waals surface area contributed by atoms with Crippen molar-refractivity contribution >= 4 is 11.7 Å². The zero-order valence-electron chi connectivity index (χ0n) is 11.2. The lowest BCUT2D eigenvalue weighted by molar-refractivity contribution is 0.0698. The average Bonchev–Trinajstić information content (AvgIpc) is 2.48. The summed E-state index contributed by atoms with van der Waals surface area (Å²) in [4.78, 5) is 15.1. The first kappa shape index (κ1) is 13.9. The van der Waals surface area contributed by atoms with Crippen molar-refractivity contribution in [3.8, 4) is 5.75 Å². The quantitative estimate of drug-likeness (QED) is 0.845. The summed E-state index contributed by atoms with van der Waals surface area (Å²) >= 11 is 0. The van der Waals surface area contributed by atoms with E-state index in [2.05, 4.69) is 10.3 Å². The van der Waals surface area contributed by atoms with Crippen molar-refractivity contribution in [2.24, 2.45) is 0 Å². The molecule has 1 aromatic carbocycles. The third-order valence-corrected chi connectivity index (χ3v) is 2.94. The maximum atomic E-state index is 11.2. The summed E-state index contributed by atoms with van der Waals surface area (Å²) in [5.74, 6) is -0.333. The topological polar surface area (TPSA) is 71.5 Å². The van der Waals surface area contributed by atoms with E-state index < -0.39 is 5.97 Å². The Morgan fingerprint density at radius 2 is 2.05 bits per heavy atom.